The third-order valence-corrected chi connectivity index (χ3v) is 5.04. The maximum atomic E-state index is 13.3. The summed E-state index contributed by atoms with van der Waals surface area (Å²) in [4.78, 5) is 27.7. The van der Waals surface area contributed by atoms with Crippen LogP contribution in [0.4, 0.5) is 5.69 Å². The highest BCUT2D eigenvalue weighted by Crippen LogP contribution is 2.35. The van der Waals surface area contributed by atoms with Gasteiger partial charge in [-0.15, -0.1) is 0 Å². The van der Waals surface area contributed by atoms with Crippen molar-refractivity contribution in [1.82, 2.24) is 4.90 Å². The standard InChI is InChI=1S/C24H27ClN2O5/c1-5-31-18-9-6-16(7-10-18)21-22(26-19-14-17(25)8-11-20(19)30-4)24(29)27(23(21)28)12-13-32-15(2)3/h6-11,14-15,26H,5,12-13H2,1-4H3. The molecule has 32 heavy (non-hydrogen) atoms. The number of ether oxygens (including phenoxy) is 3. The lowest BCUT2D eigenvalue weighted by Gasteiger charge is -2.17. The molecule has 7 nitrogen and oxygen atoms in total. The quantitative estimate of drug-likeness (QED) is 0.533. The molecule has 8 heteroatoms. The summed E-state index contributed by atoms with van der Waals surface area (Å²) in [6.07, 6.45) is -0.00494. The van der Waals surface area contributed by atoms with Crippen molar-refractivity contribution in [3.05, 3.63) is 58.7 Å². The second-order valence-electron chi connectivity index (χ2n) is 7.36. The molecule has 170 valence electrons. The molecule has 0 aliphatic carbocycles. The van der Waals surface area contributed by atoms with Crippen LogP contribution in [0.3, 0.4) is 0 Å². The molecule has 3 rings (SSSR count). The van der Waals surface area contributed by atoms with Crippen LogP contribution in [0.1, 0.15) is 26.3 Å². The number of methoxy groups -OCH3 is 1. The number of imide groups is 1. The molecule has 1 aliphatic heterocycles. The molecule has 1 N–H and O–H groups in total. The minimum Gasteiger partial charge on any atom is -0.495 e. The van der Waals surface area contributed by atoms with Crippen LogP contribution < -0.4 is 14.8 Å². The maximum Gasteiger partial charge on any atom is 0.278 e. The normalized spacial score (nSPS) is 13.9. The van der Waals surface area contributed by atoms with E-state index in [2.05, 4.69) is 5.32 Å². The fourth-order valence-corrected chi connectivity index (χ4v) is 3.51. The zero-order chi connectivity index (χ0) is 23.3. The summed E-state index contributed by atoms with van der Waals surface area (Å²) < 4.78 is 16.4. The molecule has 1 heterocycles. The summed E-state index contributed by atoms with van der Waals surface area (Å²) in [7, 11) is 1.52. The van der Waals surface area contributed by atoms with Crippen LogP contribution in [0, 0.1) is 0 Å². The van der Waals surface area contributed by atoms with E-state index in [1.54, 1.807) is 42.5 Å². The summed E-state index contributed by atoms with van der Waals surface area (Å²) in [6.45, 7) is 6.62. The van der Waals surface area contributed by atoms with Crippen molar-refractivity contribution < 1.29 is 23.8 Å². The number of nitrogens with one attached hydrogen (secondary N) is 1. The highest BCUT2D eigenvalue weighted by Gasteiger charge is 2.39. The Balaban J connectivity index is 2.00. The molecule has 0 aromatic heterocycles. The van der Waals surface area contributed by atoms with Crippen LogP contribution in [-0.4, -0.2) is 49.7 Å². The number of hydrogen-bond donors (Lipinski definition) is 1. The van der Waals surface area contributed by atoms with Gasteiger partial charge in [-0.05, 0) is 56.7 Å². The number of halogens is 1. The Labute approximate surface area is 192 Å². The van der Waals surface area contributed by atoms with Gasteiger partial charge in [0.2, 0.25) is 0 Å². The van der Waals surface area contributed by atoms with Gasteiger partial charge < -0.3 is 19.5 Å². The maximum absolute atomic E-state index is 13.3. The molecule has 2 aromatic rings. The van der Waals surface area contributed by atoms with Gasteiger partial charge in [-0.2, -0.15) is 0 Å². The van der Waals surface area contributed by atoms with E-state index in [9.17, 15) is 9.59 Å². The average molecular weight is 459 g/mol. The van der Waals surface area contributed by atoms with Gasteiger partial charge in [0, 0.05) is 5.02 Å². The van der Waals surface area contributed by atoms with Gasteiger partial charge in [0.1, 0.15) is 17.2 Å². The number of anilines is 1. The van der Waals surface area contributed by atoms with Crippen LogP contribution in [0.25, 0.3) is 5.57 Å². The van der Waals surface area contributed by atoms with E-state index in [1.807, 2.05) is 20.8 Å². The summed E-state index contributed by atoms with van der Waals surface area (Å²) in [5.41, 5.74) is 1.51. The number of benzene rings is 2. The van der Waals surface area contributed by atoms with Gasteiger partial charge in [-0.3, -0.25) is 14.5 Å². The highest BCUT2D eigenvalue weighted by atomic mass is 35.5. The van der Waals surface area contributed by atoms with E-state index in [1.165, 1.54) is 12.0 Å². The molecule has 2 amide bonds. The molecule has 0 saturated heterocycles. The van der Waals surface area contributed by atoms with E-state index in [4.69, 9.17) is 25.8 Å². The molecular formula is C24H27ClN2O5. The lowest BCUT2D eigenvalue weighted by atomic mass is 10.0. The third kappa shape index (κ3) is 5.23. The smallest absolute Gasteiger partial charge is 0.278 e. The Kier molecular flexibility index (Phi) is 7.77. The van der Waals surface area contributed by atoms with E-state index in [-0.39, 0.29) is 30.5 Å². The lowest BCUT2D eigenvalue weighted by Crippen LogP contribution is -2.35. The Morgan fingerprint density at radius 1 is 1.06 bits per heavy atom. The largest absolute Gasteiger partial charge is 0.495 e. The first-order chi connectivity index (χ1) is 15.3. The zero-order valence-electron chi connectivity index (χ0n) is 18.6. The summed E-state index contributed by atoms with van der Waals surface area (Å²) in [5, 5.41) is 3.55. The Morgan fingerprint density at radius 3 is 2.41 bits per heavy atom. The van der Waals surface area contributed by atoms with Crippen molar-refractivity contribution in [2.75, 3.05) is 32.2 Å². The predicted molar refractivity (Wildman–Crippen MR) is 124 cm³/mol. The van der Waals surface area contributed by atoms with Gasteiger partial charge >= 0.3 is 0 Å². The summed E-state index contributed by atoms with van der Waals surface area (Å²) >= 11 is 6.15. The third-order valence-electron chi connectivity index (χ3n) is 4.81. The van der Waals surface area contributed by atoms with Gasteiger partial charge in [0.05, 0.1) is 44.2 Å². The molecule has 2 aromatic carbocycles. The Morgan fingerprint density at radius 2 is 1.78 bits per heavy atom. The van der Waals surface area contributed by atoms with Crippen LogP contribution >= 0.6 is 11.6 Å². The first-order valence-electron chi connectivity index (χ1n) is 10.4. The van der Waals surface area contributed by atoms with E-state index >= 15 is 0 Å². The van der Waals surface area contributed by atoms with Crippen LogP contribution in [0.5, 0.6) is 11.5 Å². The van der Waals surface area contributed by atoms with Gasteiger partial charge in [-0.1, -0.05) is 23.7 Å². The summed E-state index contributed by atoms with van der Waals surface area (Å²) in [5.74, 6) is 0.347. The molecule has 0 spiro atoms. The van der Waals surface area contributed by atoms with Crippen molar-refractivity contribution >= 4 is 34.7 Å². The van der Waals surface area contributed by atoms with Gasteiger partial charge in [0.25, 0.3) is 11.8 Å². The van der Waals surface area contributed by atoms with Gasteiger partial charge in [-0.25, -0.2) is 0 Å². The van der Waals surface area contributed by atoms with E-state index < -0.39 is 11.8 Å². The van der Waals surface area contributed by atoms with Crippen LogP contribution in [0.2, 0.25) is 5.02 Å². The number of amides is 2. The Bertz CT molecular complexity index is 1020. The highest BCUT2D eigenvalue weighted by molar-refractivity contribution is 6.36. The predicted octanol–water partition coefficient (Wildman–Crippen LogP) is 4.36. The average Bonchev–Trinajstić information content (AvgIpc) is 2.99. The molecule has 0 atom stereocenters. The number of hydrogen-bond acceptors (Lipinski definition) is 6. The SMILES string of the molecule is CCOc1ccc(C2=C(Nc3cc(Cl)ccc3OC)C(=O)N(CCOC(C)C)C2=O)cc1. The van der Waals surface area contributed by atoms with Crippen LogP contribution in [0.15, 0.2) is 48.2 Å². The number of rotatable bonds is 10. The van der Waals surface area contributed by atoms with Crippen molar-refractivity contribution in [1.29, 1.82) is 0 Å². The number of carbonyl (C=O) groups excluding carboxylic acids is 2. The van der Waals surface area contributed by atoms with E-state index in [0.29, 0.717) is 34.4 Å². The molecule has 0 bridgehead atoms. The minimum absolute atomic E-state index is 0.00494. The zero-order valence-corrected chi connectivity index (χ0v) is 19.4. The van der Waals surface area contributed by atoms with E-state index in [0.717, 1.165) is 0 Å². The molecule has 0 saturated carbocycles. The lowest BCUT2D eigenvalue weighted by molar-refractivity contribution is -0.137. The van der Waals surface area contributed by atoms with Crippen molar-refractivity contribution in [2.45, 2.75) is 26.9 Å². The molecule has 0 fully saturated rings. The first-order valence-corrected chi connectivity index (χ1v) is 10.8. The fourth-order valence-electron chi connectivity index (χ4n) is 3.34. The van der Waals surface area contributed by atoms with Crippen molar-refractivity contribution in [2.24, 2.45) is 0 Å². The topological polar surface area (TPSA) is 77.1 Å². The second-order valence-corrected chi connectivity index (χ2v) is 7.79. The summed E-state index contributed by atoms with van der Waals surface area (Å²) in [6, 6.07) is 12.1. The number of carbonyl (C=O) groups is 2. The first kappa shape index (κ1) is 23.6. The van der Waals surface area contributed by atoms with Crippen molar-refractivity contribution in [3.63, 3.8) is 0 Å². The molecule has 0 radical (unpaired) electrons. The second kappa shape index (κ2) is 10.5. The fraction of sp³-hybridized carbons (Fsp3) is 0.333. The molecule has 1 aliphatic rings. The number of nitrogens with zero attached hydrogens (tertiary/aromatic N) is 1. The molecule has 0 unspecified atom stereocenters. The van der Waals surface area contributed by atoms with Gasteiger partial charge in [0.15, 0.2) is 0 Å². The minimum atomic E-state index is -0.437. The molecular weight excluding hydrogens is 432 g/mol. The monoisotopic (exact) mass is 458 g/mol. The van der Waals surface area contributed by atoms with Crippen molar-refractivity contribution in [3.8, 4) is 11.5 Å². The Hall–Kier alpha value is -3.03. The van der Waals surface area contributed by atoms with Crippen LogP contribution in [-0.2, 0) is 14.3 Å².